The number of thiocarbonyl (C=S) groups is 1. The fourth-order valence-electron chi connectivity index (χ4n) is 7.26. The molecule has 152 valence electrons. The van der Waals surface area contributed by atoms with E-state index in [4.69, 9.17) is 29.6 Å². The summed E-state index contributed by atoms with van der Waals surface area (Å²) in [6.07, 6.45) is 10.5. The summed E-state index contributed by atoms with van der Waals surface area (Å²) in [5.74, 6) is 1.10. The van der Waals surface area contributed by atoms with Gasteiger partial charge in [0.2, 0.25) is 0 Å². The summed E-state index contributed by atoms with van der Waals surface area (Å²) in [6.45, 7) is 2.30. The number of alkyl halides is 1. The first kappa shape index (κ1) is 19.3. The number of hydrogen-bond acceptors (Lipinski definition) is 2. The minimum absolute atomic E-state index is 0.0740. The number of benzene rings is 1. The second-order valence-electron chi connectivity index (χ2n) is 10.6. The van der Waals surface area contributed by atoms with E-state index < -0.39 is 0 Å². The molecular formula is C24H33ClN2S. The van der Waals surface area contributed by atoms with E-state index in [0.29, 0.717) is 23.9 Å². The van der Waals surface area contributed by atoms with Crippen LogP contribution in [0, 0.1) is 17.3 Å². The zero-order valence-electron chi connectivity index (χ0n) is 16.9. The van der Waals surface area contributed by atoms with E-state index in [0.717, 1.165) is 43.5 Å². The molecule has 2 unspecified atom stereocenters. The van der Waals surface area contributed by atoms with Gasteiger partial charge in [-0.2, -0.15) is 0 Å². The smallest absolute Gasteiger partial charge is 0.0818 e. The van der Waals surface area contributed by atoms with Crippen LogP contribution in [0.5, 0.6) is 0 Å². The van der Waals surface area contributed by atoms with Crippen molar-refractivity contribution >= 4 is 28.8 Å². The van der Waals surface area contributed by atoms with Gasteiger partial charge < -0.3 is 11.1 Å². The minimum atomic E-state index is -0.0740. The normalized spacial score (nSPS) is 47.1. The van der Waals surface area contributed by atoms with Crippen molar-refractivity contribution < 1.29 is 0 Å². The molecule has 0 aromatic heterocycles. The van der Waals surface area contributed by atoms with Gasteiger partial charge in [-0.25, -0.2) is 0 Å². The Labute approximate surface area is 180 Å². The Morgan fingerprint density at radius 3 is 2.25 bits per heavy atom. The van der Waals surface area contributed by atoms with Gasteiger partial charge in [-0.1, -0.05) is 42.5 Å². The average Bonchev–Trinajstić information content (AvgIpc) is 2.68. The zero-order valence-corrected chi connectivity index (χ0v) is 18.5. The van der Waals surface area contributed by atoms with Crippen LogP contribution in [0.15, 0.2) is 30.3 Å². The summed E-state index contributed by atoms with van der Waals surface area (Å²) in [7, 11) is 0. The van der Waals surface area contributed by atoms with Gasteiger partial charge in [0.1, 0.15) is 0 Å². The van der Waals surface area contributed by atoms with Gasteiger partial charge in [0.05, 0.1) is 4.99 Å². The quantitative estimate of drug-likeness (QED) is 0.517. The largest absolute Gasteiger partial charge is 0.376 e. The average molecular weight is 417 g/mol. The van der Waals surface area contributed by atoms with E-state index in [-0.39, 0.29) is 15.7 Å². The Morgan fingerprint density at radius 2 is 1.64 bits per heavy atom. The van der Waals surface area contributed by atoms with Gasteiger partial charge in [-0.05, 0) is 87.5 Å². The van der Waals surface area contributed by atoms with Crippen LogP contribution in [0.4, 0.5) is 0 Å². The van der Waals surface area contributed by atoms with E-state index in [1.807, 2.05) is 0 Å². The third-order valence-corrected chi connectivity index (χ3v) is 9.96. The summed E-state index contributed by atoms with van der Waals surface area (Å²) in [5, 5.41) is 3.83. The fourth-order valence-corrected chi connectivity index (χ4v) is 7.98. The predicted octanol–water partition coefficient (Wildman–Crippen LogP) is 5.32. The molecule has 0 aliphatic heterocycles. The van der Waals surface area contributed by atoms with Crippen molar-refractivity contribution in [2.45, 2.75) is 87.1 Å². The first-order chi connectivity index (χ1) is 13.3. The first-order valence-corrected chi connectivity index (χ1v) is 11.9. The van der Waals surface area contributed by atoms with Crippen LogP contribution in [0.1, 0.15) is 70.3 Å². The van der Waals surface area contributed by atoms with Crippen LogP contribution in [0.2, 0.25) is 0 Å². The summed E-state index contributed by atoms with van der Waals surface area (Å²) in [5.41, 5.74) is 8.00. The van der Waals surface area contributed by atoms with E-state index in [1.165, 1.54) is 24.8 Å². The molecular weight excluding hydrogens is 384 g/mol. The number of nitrogens with one attached hydrogen (secondary N) is 1. The lowest BCUT2D eigenvalue weighted by Crippen LogP contribution is -2.66. The lowest BCUT2D eigenvalue weighted by Gasteiger charge is -2.67. The van der Waals surface area contributed by atoms with Gasteiger partial charge >= 0.3 is 0 Å². The van der Waals surface area contributed by atoms with Crippen molar-refractivity contribution in [1.29, 1.82) is 0 Å². The van der Waals surface area contributed by atoms with Gasteiger partial charge in [0.25, 0.3) is 0 Å². The van der Waals surface area contributed by atoms with E-state index in [1.54, 1.807) is 0 Å². The molecule has 4 bridgehead atoms. The van der Waals surface area contributed by atoms with Gasteiger partial charge in [0.15, 0.2) is 0 Å². The number of hydrogen-bond donors (Lipinski definition) is 2. The molecule has 5 aliphatic carbocycles. The maximum absolute atomic E-state index is 7.17. The van der Waals surface area contributed by atoms with Crippen LogP contribution in [0.25, 0.3) is 0 Å². The second-order valence-corrected chi connectivity index (χ2v) is 11.8. The Morgan fingerprint density at radius 1 is 1.04 bits per heavy atom. The molecule has 28 heavy (non-hydrogen) atoms. The van der Waals surface area contributed by atoms with Crippen molar-refractivity contribution in [2.24, 2.45) is 23.0 Å². The number of halogens is 1. The van der Waals surface area contributed by atoms with E-state index in [2.05, 4.69) is 42.6 Å². The van der Waals surface area contributed by atoms with Gasteiger partial charge in [0, 0.05) is 22.4 Å². The highest BCUT2D eigenvalue weighted by atomic mass is 35.5. The highest BCUT2D eigenvalue weighted by Gasteiger charge is 2.66. The summed E-state index contributed by atoms with van der Waals surface area (Å²) >= 11 is 13.3. The van der Waals surface area contributed by atoms with Crippen molar-refractivity contribution in [3.8, 4) is 0 Å². The van der Waals surface area contributed by atoms with Crippen molar-refractivity contribution in [3.05, 3.63) is 35.9 Å². The predicted molar refractivity (Wildman–Crippen MR) is 121 cm³/mol. The van der Waals surface area contributed by atoms with Gasteiger partial charge in [-0.15, -0.1) is 11.6 Å². The van der Waals surface area contributed by atoms with Gasteiger partial charge in [-0.3, -0.25) is 0 Å². The molecule has 3 N–H and O–H groups in total. The van der Waals surface area contributed by atoms with Crippen LogP contribution < -0.4 is 11.1 Å². The molecule has 2 nitrogen and oxygen atoms in total. The summed E-state index contributed by atoms with van der Waals surface area (Å²) in [4.78, 5) is 1.06. The molecule has 2 atom stereocenters. The SMILES string of the molecule is CC1(Cl)C2CC3(C(=S)N[C@H]4CC[C@H](N)CC4)CC1CC(c1ccccc1)(C2)C3. The summed E-state index contributed by atoms with van der Waals surface area (Å²) in [6, 6.07) is 12.1. The Hall–Kier alpha value is -0.640. The van der Waals surface area contributed by atoms with Crippen LogP contribution in [0.3, 0.4) is 0 Å². The molecule has 1 aromatic rings. The van der Waals surface area contributed by atoms with Crippen molar-refractivity contribution in [2.75, 3.05) is 0 Å². The molecule has 0 spiro atoms. The number of nitrogens with two attached hydrogens (primary N) is 1. The second kappa shape index (κ2) is 6.68. The molecule has 5 aliphatic rings. The first-order valence-electron chi connectivity index (χ1n) is 11.1. The van der Waals surface area contributed by atoms with Crippen LogP contribution in [-0.2, 0) is 5.41 Å². The molecule has 6 rings (SSSR count). The molecule has 1 aromatic carbocycles. The molecule has 4 heteroatoms. The fraction of sp³-hybridized carbons (Fsp3) is 0.708. The number of rotatable bonds is 3. The maximum atomic E-state index is 7.17. The van der Waals surface area contributed by atoms with Crippen molar-refractivity contribution in [3.63, 3.8) is 0 Å². The van der Waals surface area contributed by atoms with Crippen molar-refractivity contribution in [1.82, 2.24) is 5.32 Å². The van der Waals surface area contributed by atoms with E-state index in [9.17, 15) is 0 Å². The van der Waals surface area contributed by atoms with Crippen LogP contribution >= 0.6 is 23.8 Å². The summed E-state index contributed by atoms with van der Waals surface area (Å²) < 4.78 is 0. The highest BCUT2D eigenvalue weighted by Crippen LogP contribution is 2.70. The maximum Gasteiger partial charge on any atom is 0.0818 e. The molecule has 0 radical (unpaired) electrons. The van der Waals surface area contributed by atoms with Crippen LogP contribution in [-0.4, -0.2) is 21.9 Å². The lowest BCUT2D eigenvalue weighted by molar-refractivity contribution is -0.0621. The Kier molecular flexibility index (Phi) is 4.61. The molecule has 0 saturated heterocycles. The monoisotopic (exact) mass is 416 g/mol. The minimum Gasteiger partial charge on any atom is -0.376 e. The third kappa shape index (κ3) is 2.96. The molecule has 0 heterocycles. The topological polar surface area (TPSA) is 38.0 Å². The lowest BCUT2D eigenvalue weighted by atomic mass is 9.40. The third-order valence-electron chi connectivity index (χ3n) is 8.80. The Balaban J connectivity index is 1.44. The Bertz CT molecular complexity index is 735. The van der Waals surface area contributed by atoms with E-state index >= 15 is 0 Å². The molecule has 0 amide bonds. The molecule has 5 saturated carbocycles. The highest BCUT2D eigenvalue weighted by molar-refractivity contribution is 7.80. The standard InChI is InChI=1S/C24H33ClN2S/c1-22(25)17-11-23(16-5-3-2-4-6-16)12-18(22)14-24(13-17,15-23)21(28)27-20-9-7-19(26)8-10-20/h2-6,17-20H,7-15,26H2,1H3,(H,27,28)/t17?,18?,19-,20-,22?,23?,24?. The zero-order chi connectivity index (χ0) is 19.6. The molecule has 5 fully saturated rings.